The number of nitrogens with two attached hydrogens (primary N) is 1. The molecule has 0 aliphatic rings. The Morgan fingerprint density at radius 2 is 2.06 bits per heavy atom. The lowest BCUT2D eigenvalue weighted by atomic mass is 10.2. The molecule has 1 aromatic carbocycles. The molecule has 0 radical (unpaired) electrons. The lowest BCUT2D eigenvalue weighted by Crippen LogP contribution is -2.08. The third kappa shape index (κ3) is 2.09. The number of rotatable bonds is 4. The van der Waals surface area contributed by atoms with Crippen molar-refractivity contribution in [3.63, 3.8) is 0 Å². The van der Waals surface area contributed by atoms with Crippen molar-refractivity contribution in [3.05, 3.63) is 42.2 Å². The van der Waals surface area contributed by atoms with E-state index in [1.165, 1.54) is 10.9 Å². The van der Waals surface area contributed by atoms with E-state index >= 15 is 0 Å². The van der Waals surface area contributed by atoms with Gasteiger partial charge in [-0.2, -0.15) is 0 Å². The Balaban J connectivity index is 2.33. The molecular weight excluding hydrogens is 207 g/mol. The van der Waals surface area contributed by atoms with Gasteiger partial charge in [0.2, 0.25) is 0 Å². The maximum absolute atomic E-state index is 13.7. The second-order valence-electron chi connectivity index (χ2n) is 3.45. The lowest BCUT2D eigenvalue weighted by molar-refractivity contribution is 0.314. The van der Waals surface area contributed by atoms with E-state index in [9.17, 15) is 4.39 Å². The highest BCUT2D eigenvalue weighted by Gasteiger charge is 2.16. The summed E-state index contributed by atoms with van der Waals surface area (Å²) in [5.41, 5.74) is 6.58. The molecule has 0 spiro atoms. The van der Waals surface area contributed by atoms with Crippen LogP contribution in [-0.4, -0.2) is 21.5 Å². The topological polar surface area (TPSA) is 56.7 Å². The first kappa shape index (κ1) is 10.8. The van der Waals surface area contributed by atoms with E-state index in [4.69, 9.17) is 5.73 Å². The van der Waals surface area contributed by atoms with Crippen LogP contribution in [-0.2, 0) is 0 Å². The molecule has 2 rings (SSSR count). The zero-order chi connectivity index (χ0) is 11.4. The van der Waals surface area contributed by atoms with Crippen molar-refractivity contribution >= 4 is 0 Å². The van der Waals surface area contributed by atoms with Gasteiger partial charge in [0, 0.05) is 0 Å². The van der Waals surface area contributed by atoms with Crippen LogP contribution in [0.1, 0.15) is 18.3 Å². The van der Waals surface area contributed by atoms with E-state index in [2.05, 4.69) is 10.3 Å². The van der Waals surface area contributed by atoms with Crippen LogP contribution in [0.5, 0.6) is 0 Å². The molecule has 2 aromatic rings. The van der Waals surface area contributed by atoms with Crippen molar-refractivity contribution in [2.24, 2.45) is 5.73 Å². The Labute approximate surface area is 92.9 Å². The van der Waals surface area contributed by atoms with Crippen molar-refractivity contribution in [3.8, 4) is 5.69 Å². The lowest BCUT2D eigenvalue weighted by Gasteiger charge is -2.09. The molecule has 5 heteroatoms. The molecule has 0 saturated heterocycles. The van der Waals surface area contributed by atoms with E-state index in [1.54, 1.807) is 0 Å². The highest BCUT2D eigenvalue weighted by atomic mass is 19.1. The van der Waals surface area contributed by atoms with Gasteiger partial charge < -0.3 is 5.73 Å². The molecule has 1 unspecified atom stereocenters. The summed E-state index contributed by atoms with van der Waals surface area (Å²) in [5, 5.41) is 7.61. The second-order valence-corrected chi connectivity index (χ2v) is 3.45. The zero-order valence-electron chi connectivity index (χ0n) is 8.75. The van der Waals surface area contributed by atoms with Gasteiger partial charge in [0.25, 0.3) is 0 Å². The second kappa shape index (κ2) is 4.85. The summed E-state index contributed by atoms with van der Waals surface area (Å²) in [6, 6.07) is 9.35. The number of benzene rings is 1. The summed E-state index contributed by atoms with van der Waals surface area (Å²) in [7, 11) is 0. The van der Waals surface area contributed by atoms with Crippen LogP contribution in [0.15, 0.2) is 36.5 Å². The molecule has 16 heavy (non-hydrogen) atoms. The average Bonchev–Trinajstić information content (AvgIpc) is 2.79. The van der Waals surface area contributed by atoms with Crippen molar-refractivity contribution in [2.45, 2.75) is 12.6 Å². The minimum atomic E-state index is -1.12. The summed E-state index contributed by atoms with van der Waals surface area (Å²) < 4.78 is 15.2. The molecular formula is C11H13FN4. The number of nitrogens with zero attached hydrogens (tertiary/aromatic N) is 3. The minimum absolute atomic E-state index is 0.278. The van der Waals surface area contributed by atoms with E-state index in [0.29, 0.717) is 12.2 Å². The Bertz CT molecular complexity index is 440. The molecule has 0 aliphatic heterocycles. The Hall–Kier alpha value is -1.75. The minimum Gasteiger partial charge on any atom is -0.330 e. The smallest absolute Gasteiger partial charge is 0.145 e. The van der Waals surface area contributed by atoms with Gasteiger partial charge in [0.1, 0.15) is 6.17 Å². The monoisotopic (exact) mass is 220 g/mol. The molecule has 0 amide bonds. The number of hydrogen-bond donors (Lipinski definition) is 1. The van der Waals surface area contributed by atoms with Crippen LogP contribution in [0.3, 0.4) is 0 Å². The molecule has 1 aromatic heterocycles. The van der Waals surface area contributed by atoms with E-state index < -0.39 is 6.17 Å². The quantitative estimate of drug-likeness (QED) is 0.851. The van der Waals surface area contributed by atoms with Gasteiger partial charge in [-0.3, -0.25) is 0 Å². The van der Waals surface area contributed by atoms with E-state index in [1.807, 2.05) is 30.3 Å². The SMILES string of the molecule is NCCC(F)c1cnnn1-c1ccccc1. The highest BCUT2D eigenvalue weighted by molar-refractivity contribution is 5.31. The van der Waals surface area contributed by atoms with Crippen LogP contribution in [0.4, 0.5) is 4.39 Å². The van der Waals surface area contributed by atoms with Gasteiger partial charge in [0.15, 0.2) is 0 Å². The third-order valence-electron chi connectivity index (χ3n) is 2.32. The maximum atomic E-state index is 13.7. The van der Waals surface area contributed by atoms with Gasteiger partial charge in [0.05, 0.1) is 17.6 Å². The van der Waals surface area contributed by atoms with Crippen LogP contribution in [0.2, 0.25) is 0 Å². The average molecular weight is 220 g/mol. The van der Waals surface area contributed by atoms with Crippen molar-refractivity contribution in [1.29, 1.82) is 0 Å². The first-order valence-corrected chi connectivity index (χ1v) is 5.13. The molecule has 1 heterocycles. The Kier molecular flexibility index (Phi) is 3.26. The van der Waals surface area contributed by atoms with Gasteiger partial charge in [-0.25, -0.2) is 9.07 Å². The number of para-hydroxylation sites is 1. The summed E-state index contributed by atoms with van der Waals surface area (Å²) in [6.45, 7) is 0.307. The molecule has 84 valence electrons. The van der Waals surface area contributed by atoms with Crippen molar-refractivity contribution in [1.82, 2.24) is 15.0 Å². The van der Waals surface area contributed by atoms with Crippen LogP contribution >= 0.6 is 0 Å². The molecule has 2 N–H and O–H groups in total. The number of halogens is 1. The summed E-state index contributed by atoms with van der Waals surface area (Å²) in [6.07, 6.45) is 0.591. The molecule has 0 fully saturated rings. The van der Waals surface area contributed by atoms with Crippen molar-refractivity contribution in [2.75, 3.05) is 6.54 Å². The Morgan fingerprint density at radius 1 is 1.31 bits per heavy atom. The van der Waals surface area contributed by atoms with Crippen LogP contribution < -0.4 is 5.73 Å². The third-order valence-corrected chi connectivity index (χ3v) is 2.32. The number of hydrogen-bond acceptors (Lipinski definition) is 3. The van der Waals surface area contributed by atoms with Gasteiger partial charge in [-0.1, -0.05) is 23.4 Å². The normalized spacial score (nSPS) is 12.6. The fourth-order valence-corrected chi connectivity index (χ4v) is 1.52. The highest BCUT2D eigenvalue weighted by Crippen LogP contribution is 2.21. The molecule has 0 bridgehead atoms. The standard InChI is InChI=1S/C11H13FN4/c12-10(6-7-13)11-8-14-15-16(11)9-4-2-1-3-5-9/h1-5,8,10H,6-7,13H2. The Morgan fingerprint density at radius 3 is 2.75 bits per heavy atom. The van der Waals surface area contributed by atoms with Crippen molar-refractivity contribution < 1.29 is 4.39 Å². The number of aromatic nitrogens is 3. The van der Waals surface area contributed by atoms with Crippen LogP contribution in [0, 0.1) is 0 Å². The predicted molar refractivity (Wildman–Crippen MR) is 58.9 cm³/mol. The zero-order valence-corrected chi connectivity index (χ0v) is 8.75. The van der Waals surface area contributed by atoms with Gasteiger partial charge >= 0.3 is 0 Å². The number of alkyl halides is 1. The molecule has 0 saturated carbocycles. The summed E-state index contributed by atoms with van der Waals surface area (Å²) in [5.74, 6) is 0. The van der Waals surface area contributed by atoms with Gasteiger partial charge in [-0.15, -0.1) is 5.10 Å². The molecule has 1 atom stereocenters. The molecule has 4 nitrogen and oxygen atoms in total. The fourth-order valence-electron chi connectivity index (χ4n) is 1.52. The van der Waals surface area contributed by atoms with Gasteiger partial charge in [-0.05, 0) is 25.1 Å². The first-order chi connectivity index (χ1) is 7.83. The fraction of sp³-hybridized carbons (Fsp3) is 0.273. The largest absolute Gasteiger partial charge is 0.330 e. The summed E-state index contributed by atoms with van der Waals surface area (Å²) >= 11 is 0. The first-order valence-electron chi connectivity index (χ1n) is 5.13. The van der Waals surface area contributed by atoms with Crippen LogP contribution in [0.25, 0.3) is 5.69 Å². The molecule has 0 aliphatic carbocycles. The maximum Gasteiger partial charge on any atom is 0.145 e. The predicted octanol–water partition coefficient (Wildman–Crippen LogP) is 1.63. The summed E-state index contributed by atoms with van der Waals surface area (Å²) in [4.78, 5) is 0. The van der Waals surface area contributed by atoms with E-state index in [0.717, 1.165) is 5.69 Å². The van der Waals surface area contributed by atoms with E-state index in [-0.39, 0.29) is 6.42 Å².